The third-order valence-electron chi connectivity index (χ3n) is 3.00. The summed E-state index contributed by atoms with van der Waals surface area (Å²) in [5.74, 6) is 0.0897. The Morgan fingerprint density at radius 1 is 1.59 bits per heavy atom. The van der Waals surface area contributed by atoms with Crippen LogP contribution in [0.1, 0.15) is 18.4 Å². The maximum Gasteiger partial charge on any atom is 0.227 e. The van der Waals surface area contributed by atoms with Crippen molar-refractivity contribution in [2.45, 2.75) is 25.5 Å². The molecule has 1 aromatic rings. The van der Waals surface area contributed by atoms with Crippen molar-refractivity contribution < 1.29 is 9.90 Å². The van der Waals surface area contributed by atoms with Gasteiger partial charge >= 0.3 is 0 Å². The smallest absolute Gasteiger partial charge is 0.227 e. The molecule has 1 aliphatic rings. The van der Waals surface area contributed by atoms with Gasteiger partial charge in [0.1, 0.15) is 0 Å². The molecule has 1 heterocycles. The Bertz CT molecular complexity index is 459. The fourth-order valence-electron chi connectivity index (χ4n) is 2.16. The number of halogens is 1. The van der Waals surface area contributed by atoms with Crippen molar-refractivity contribution in [2.24, 2.45) is 0 Å². The van der Waals surface area contributed by atoms with Gasteiger partial charge < -0.3 is 10.0 Å². The number of aliphatic hydroxyl groups excluding tert-OH is 1. The lowest BCUT2D eigenvalue weighted by Gasteiger charge is -2.24. The minimum absolute atomic E-state index is 0.0361. The van der Waals surface area contributed by atoms with Crippen molar-refractivity contribution in [2.75, 3.05) is 4.90 Å². The Morgan fingerprint density at radius 3 is 3.00 bits per heavy atom. The molecule has 0 saturated carbocycles. The van der Waals surface area contributed by atoms with E-state index in [2.05, 4.69) is 22.5 Å². The minimum atomic E-state index is -0.0809. The molecule has 2 rings (SSSR count). The van der Waals surface area contributed by atoms with Crippen LogP contribution in [0.2, 0.25) is 0 Å². The van der Waals surface area contributed by atoms with Crippen molar-refractivity contribution in [3.05, 3.63) is 40.9 Å². The van der Waals surface area contributed by atoms with Crippen molar-refractivity contribution in [3.8, 4) is 0 Å². The first-order valence-corrected chi connectivity index (χ1v) is 6.30. The molecule has 0 bridgehead atoms. The molecule has 1 aromatic carbocycles. The summed E-state index contributed by atoms with van der Waals surface area (Å²) in [6.07, 6.45) is 3.12. The van der Waals surface area contributed by atoms with Gasteiger partial charge in [0.2, 0.25) is 5.91 Å². The van der Waals surface area contributed by atoms with Crippen LogP contribution >= 0.6 is 15.9 Å². The zero-order valence-corrected chi connectivity index (χ0v) is 11.0. The maximum atomic E-state index is 11.9. The van der Waals surface area contributed by atoms with Crippen LogP contribution in [0.25, 0.3) is 0 Å². The zero-order chi connectivity index (χ0) is 12.4. The van der Waals surface area contributed by atoms with Gasteiger partial charge in [-0.2, -0.15) is 0 Å². The molecule has 3 nitrogen and oxygen atoms in total. The number of hydrogen-bond acceptors (Lipinski definition) is 2. The highest BCUT2D eigenvalue weighted by molar-refractivity contribution is 9.10. The monoisotopic (exact) mass is 295 g/mol. The quantitative estimate of drug-likeness (QED) is 0.871. The fourth-order valence-corrected chi connectivity index (χ4v) is 2.57. The van der Waals surface area contributed by atoms with Gasteiger partial charge in [-0.25, -0.2) is 0 Å². The summed E-state index contributed by atoms with van der Waals surface area (Å²) < 4.78 is 0.895. The summed E-state index contributed by atoms with van der Waals surface area (Å²) in [5.41, 5.74) is 1.53. The third kappa shape index (κ3) is 2.28. The van der Waals surface area contributed by atoms with E-state index in [4.69, 9.17) is 0 Å². The molecule has 0 aromatic heterocycles. The van der Waals surface area contributed by atoms with Crippen LogP contribution in [0.4, 0.5) is 5.69 Å². The van der Waals surface area contributed by atoms with E-state index in [0.29, 0.717) is 6.42 Å². The molecule has 1 N–H and O–H groups in total. The van der Waals surface area contributed by atoms with E-state index in [1.807, 2.05) is 18.2 Å². The first-order chi connectivity index (χ1) is 8.17. The lowest BCUT2D eigenvalue weighted by molar-refractivity contribution is -0.117. The van der Waals surface area contributed by atoms with Crippen LogP contribution in [0.3, 0.4) is 0 Å². The number of benzene rings is 1. The van der Waals surface area contributed by atoms with Crippen LogP contribution in [-0.4, -0.2) is 17.1 Å². The van der Waals surface area contributed by atoms with Gasteiger partial charge in [0.05, 0.1) is 12.6 Å². The Hall–Kier alpha value is -1.13. The van der Waals surface area contributed by atoms with Crippen LogP contribution < -0.4 is 4.90 Å². The van der Waals surface area contributed by atoms with Crippen molar-refractivity contribution >= 4 is 27.5 Å². The number of nitrogens with zero attached hydrogens (tertiary/aromatic N) is 1. The molecule has 17 heavy (non-hydrogen) atoms. The van der Waals surface area contributed by atoms with Gasteiger partial charge in [0.25, 0.3) is 0 Å². The lowest BCUT2D eigenvalue weighted by Crippen LogP contribution is -2.32. The van der Waals surface area contributed by atoms with E-state index >= 15 is 0 Å². The van der Waals surface area contributed by atoms with E-state index in [1.165, 1.54) is 0 Å². The molecule has 0 radical (unpaired) electrons. The second kappa shape index (κ2) is 5.02. The number of carbonyl (C=O) groups is 1. The number of carbonyl (C=O) groups excluding carboxylic acids is 1. The summed E-state index contributed by atoms with van der Waals surface area (Å²) in [4.78, 5) is 13.6. The highest BCUT2D eigenvalue weighted by atomic mass is 79.9. The fraction of sp³-hybridized carbons (Fsp3) is 0.308. The molecule has 1 amide bonds. The number of hydrogen-bond donors (Lipinski definition) is 1. The molecular weight excluding hydrogens is 282 g/mol. The van der Waals surface area contributed by atoms with Crippen molar-refractivity contribution in [1.29, 1.82) is 0 Å². The van der Waals surface area contributed by atoms with Crippen LogP contribution in [-0.2, 0) is 11.4 Å². The van der Waals surface area contributed by atoms with Crippen molar-refractivity contribution in [3.63, 3.8) is 0 Å². The van der Waals surface area contributed by atoms with E-state index in [1.54, 1.807) is 11.0 Å². The number of anilines is 1. The highest BCUT2D eigenvalue weighted by Crippen LogP contribution is 2.31. The van der Waals surface area contributed by atoms with Gasteiger partial charge in [-0.05, 0) is 24.6 Å². The summed E-state index contributed by atoms with van der Waals surface area (Å²) >= 11 is 3.36. The van der Waals surface area contributed by atoms with Gasteiger partial charge in [-0.1, -0.05) is 22.0 Å². The van der Waals surface area contributed by atoms with Gasteiger partial charge in [-0.3, -0.25) is 4.79 Å². The first-order valence-electron chi connectivity index (χ1n) is 5.51. The van der Waals surface area contributed by atoms with E-state index in [9.17, 15) is 9.90 Å². The van der Waals surface area contributed by atoms with Crippen LogP contribution in [0.5, 0.6) is 0 Å². The first kappa shape index (κ1) is 12.3. The van der Waals surface area contributed by atoms with E-state index < -0.39 is 0 Å². The average molecular weight is 296 g/mol. The summed E-state index contributed by atoms with van der Waals surface area (Å²) in [6.45, 7) is 3.68. The molecule has 0 spiro atoms. The third-order valence-corrected chi connectivity index (χ3v) is 3.49. The summed E-state index contributed by atoms with van der Waals surface area (Å²) in [7, 11) is 0. The lowest BCUT2D eigenvalue weighted by atomic mass is 10.1. The molecule has 90 valence electrons. The van der Waals surface area contributed by atoms with Crippen molar-refractivity contribution in [1.82, 2.24) is 0 Å². The van der Waals surface area contributed by atoms with Crippen LogP contribution in [0.15, 0.2) is 35.3 Å². The standard InChI is InChI=1S/C13H14BrNO2/c1-2-11-4-6-13(17)15(11)12-5-3-10(14)7-9(12)8-16/h2-3,5,7,11,16H,1,4,6,8H2. The summed E-state index contributed by atoms with van der Waals surface area (Å²) in [6, 6.07) is 5.60. The highest BCUT2D eigenvalue weighted by Gasteiger charge is 2.31. The predicted octanol–water partition coefficient (Wildman–Crippen LogP) is 2.62. The topological polar surface area (TPSA) is 40.5 Å². The van der Waals surface area contributed by atoms with E-state index in [-0.39, 0.29) is 18.6 Å². The van der Waals surface area contributed by atoms with Gasteiger partial charge in [-0.15, -0.1) is 6.58 Å². The average Bonchev–Trinajstić information content (AvgIpc) is 2.70. The number of aliphatic hydroxyl groups is 1. The molecular formula is C13H14BrNO2. The Balaban J connectivity index is 2.44. The molecule has 0 aliphatic carbocycles. The predicted molar refractivity (Wildman–Crippen MR) is 70.8 cm³/mol. The molecule has 1 aliphatic heterocycles. The van der Waals surface area contributed by atoms with Gasteiger partial charge in [0.15, 0.2) is 0 Å². The Morgan fingerprint density at radius 2 is 2.35 bits per heavy atom. The molecule has 1 atom stereocenters. The molecule has 1 fully saturated rings. The Labute approximate surface area is 109 Å². The van der Waals surface area contributed by atoms with Gasteiger partial charge in [0, 0.05) is 22.1 Å². The molecule has 1 unspecified atom stereocenters. The largest absolute Gasteiger partial charge is 0.392 e. The second-order valence-corrected chi connectivity index (χ2v) is 4.95. The Kier molecular flexibility index (Phi) is 3.64. The second-order valence-electron chi connectivity index (χ2n) is 4.04. The number of amides is 1. The summed E-state index contributed by atoms with van der Waals surface area (Å²) in [5, 5.41) is 9.36. The zero-order valence-electron chi connectivity index (χ0n) is 9.40. The maximum absolute atomic E-state index is 11.9. The molecule has 4 heteroatoms. The number of rotatable bonds is 3. The van der Waals surface area contributed by atoms with Crippen LogP contribution in [0, 0.1) is 0 Å². The SMILES string of the molecule is C=CC1CCC(=O)N1c1ccc(Br)cc1CO. The van der Waals surface area contributed by atoms with E-state index in [0.717, 1.165) is 22.1 Å². The molecule has 1 saturated heterocycles. The normalized spacial score (nSPS) is 19.8. The minimum Gasteiger partial charge on any atom is -0.392 e.